The van der Waals surface area contributed by atoms with E-state index in [1.165, 1.54) is 32.0 Å². The van der Waals surface area contributed by atoms with Crippen LogP contribution in [-0.2, 0) is 30.3 Å². The van der Waals surface area contributed by atoms with Gasteiger partial charge >= 0.3 is 0 Å². The van der Waals surface area contributed by atoms with Crippen molar-refractivity contribution in [2.24, 2.45) is 10.8 Å². The van der Waals surface area contributed by atoms with Gasteiger partial charge in [-0.1, -0.05) is 73.4 Å². The number of allylic oxidation sites excluding steroid dienone is 2. The summed E-state index contributed by atoms with van der Waals surface area (Å²) in [5.41, 5.74) is 5.84. The van der Waals surface area contributed by atoms with E-state index in [9.17, 15) is 9.90 Å². The molecule has 2 aromatic carbocycles. The number of carbonyl (C=O) groups excluding carboxylic acids is 1. The van der Waals surface area contributed by atoms with E-state index < -0.39 is 0 Å². The van der Waals surface area contributed by atoms with E-state index in [1.807, 2.05) is 53.8 Å². The smallest absolute Gasteiger partial charge is 0.164 e. The number of aliphatic hydroxyl groups excluding tert-OH is 1. The number of thiophene rings is 2. The Balaban J connectivity index is 0.000000251. The standard InChI is InChI=1S/C26H20NOS2.C15H28O2.Ir/c1-14-13-30-22-12-21-18(11-17(14)22)23-20(28-21)5-7-27-24(23)16-9-15-6-8-29-25(15)19(10-16)26(2,3)4;1-7-14(5,8-2)12(16)11-13(17)15(6,9-3)10-4;/h5-8,10-13H,1-4H3;11,16H,7-10H2,1-6H3;/q-1;;/b;12-11-;. The minimum atomic E-state index is -0.337. The van der Waals surface area contributed by atoms with E-state index in [0.717, 1.165) is 64.3 Å². The van der Waals surface area contributed by atoms with Gasteiger partial charge in [-0.25, -0.2) is 0 Å². The summed E-state index contributed by atoms with van der Waals surface area (Å²) in [7, 11) is 0. The van der Waals surface area contributed by atoms with Crippen LogP contribution in [0.25, 0.3) is 53.4 Å². The SMILES string of the molecule is CCC(C)(CC)C(=O)/C=C(\O)C(C)(CC)CC.Cc1csc2cc3oc4ccnc(-c5[c-]c6ccsc6c(C(C)(C)C)c5)c4c3cc12.[Ir]. The van der Waals surface area contributed by atoms with Crippen molar-refractivity contribution < 1.29 is 34.4 Å². The Morgan fingerprint density at radius 3 is 2.21 bits per heavy atom. The minimum Gasteiger partial charge on any atom is -0.512 e. The molecule has 0 bridgehead atoms. The Hall–Kier alpha value is -2.83. The Kier molecular flexibility index (Phi) is 11.5. The van der Waals surface area contributed by atoms with Crippen LogP contribution < -0.4 is 0 Å². The maximum Gasteiger partial charge on any atom is 0.164 e. The van der Waals surface area contributed by atoms with Gasteiger partial charge in [0.2, 0.25) is 0 Å². The van der Waals surface area contributed by atoms with Crippen molar-refractivity contribution in [3.05, 3.63) is 76.3 Å². The number of carbonyl (C=O) groups is 1. The van der Waals surface area contributed by atoms with Crippen molar-refractivity contribution in [3.63, 3.8) is 0 Å². The van der Waals surface area contributed by atoms with Crippen molar-refractivity contribution >= 4 is 70.6 Å². The first kappa shape index (κ1) is 38.0. The van der Waals surface area contributed by atoms with Crippen molar-refractivity contribution in [1.29, 1.82) is 0 Å². The third kappa shape index (κ3) is 7.07. The number of benzene rings is 2. The zero-order valence-electron chi connectivity index (χ0n) is 29.9. The van der Waals surface area contributed by atoms with E-state index in [0.29, 0.717) is 0 Å². The van der Waals surface area contributed by atoms with Crippen molar-refractivity contribution in [3.8, 4) is 11.3 Å². The van der Waals surface area contributed by atoms with Crippen LogP contribution in [0.3, 0.4) is 0 Å². The molecule has 257 valence electrons. The molecule has 0 saturated heterocycles. The summed E-state index contributed by atoms with van der Waals surface area (Å²) in [6.07, 6.45) is 6.60. The van der Waals surface area contributed by atoms with Crippen LogP contribution in [0.5, 0.6) is 0 Å². The molecule has 7 heteroatoms. The van der Waals surface area contributed by atoms with Gasteiger partial charge in [0.05, 0.1) is 0 Å². The number of hydrogen-bond acceptors (Lipinski definition) is 6. The summed E-state index contributed by atoms with van der Waals surface area (Å²) >= 11 is 3.55. The number of pyridine rings is 1. The first-order valence-electron chi connectivity index (χ1n) is 16.8. The maximum absolute atomic E-state index is 12.2. The fraction of sp³-hybridized carbons (Fsp3) is 0.415. The summed E-state index contributed by atoms with van der Waals surface area (Å²) in [4.78, 5) is 17.0. The van der Waals surface area contributed by atoms with Crippen LogP contribution in [0.1, 0.15) is 99.1 Å². The number of aliphatic hydroxyl groups is 1. The summed E-state index contributed by atoms with van der Waals surface area (Å²) < 4.78 is 8.83. The molecule has 6 aromatic rings. The zero-order chi connectivity index (χ0) is 34.3. The Labute approximate surface area is 307 Å². The van der Waals surface area contributed by atoms with Gasteiger partial charge in [0.15, 0.2) is 5.78 Å². The molecule has 6 rings (SSSR count). The average molecular weight is 859 g/mol. The molecule has 0 unspecified atom stereocenters. The number of furan rings is 1. The quantitative estimate of drug-likeness (QED) is 0.0941. The molecule has 0 aliphatic heterocycles. The predicted molar refractivity (Wildman–Crippen MR) is 203 cm³/mol. The molecule has 1 N–H and O–H groups in total. The largest absolute Gasteiger partial charge is 0.512 e. The zero-order valence-corrected chi connectivity index (χ0v) is 33.9. The van der Waals surface area contributed by atoms with Gasteiger partial charge in [-0.15, -0.1) is 34.9 Å². The van der Waals surface area contributed by atoms with Crippen LogP contribution >= 0.6 is 22.7 Å². The Bertz CT molecular complexity index is 2100. The molecule has 0 aliphatic rings. The summed E-state index contributed by atoms with van der Waals surface area (Å²) in [5.74, 6) is 0.286. The van der Waals surface area contributed by atoms with E-state index in [4.69, 9.17) is 9.40 Å². The topological polar surface area (TPSA) is 63.3 Å². The number of fused-ring (bicyclic) bond motifs is 5. The van der Waals surface area contributed by atoms with Crippen LogP contribution in [-0.4, -0.2) is 15.9 Å². The summed E-state index contributed by atoms with van der Waals surface area (Å²) in [6, 6.07) is 14.5. The fourth-order valence-corrected chi connectivity index (χ4v) is 7.98. The molecule has 48 heavy (non-hydrogen) atoms. The molecule has 1 radical (unpaired) electrons. The monoisotopic (exact) mass is 859 g/mol. The van der Waals surface area contributed by atoms with Crippen molar-refractivity contribution in [2.75, 3.05) is 0 Å². The first-order chi connectivity index (χ1) is 22.2. The number of rotatable bonds is 8. The average Bonchev–Trinajstić information content (AvgIpc) is 3.78. The summed E-state index contributed by atoms with van der Waals surface area (Å²) in [5, 5.41) is 19.1. The predicted octanol–water partition coefficient (Wildman–Crippen LogP) is 13.1. The van der Waals surface area contributed by atoms with Crippen LogP contribution in [0.15, 0.2) is 63.5 Å². The third-order valence-corrected chi connectivity index (χ3v) is 12.4. The van der Waals surface area contributed by atoms with Gasteiger partial charge in [0.1, 0.15) is 16.9 Å². The molecule has 4 nitrogen and oxygen atoms in total. The molecule has 0 spiro atoms. The number of nitrogens with zero attached hydrogens (tertiary/aromatic N) is 1. The van der Waals surface area contributed by atoms with E-state index in [2.05, 4.69) is 68.8 Å². The summed E-state index contributed by atoms with van der Waals surface area (Å²) in [6.45, 7) is 21.0. The second-order valence-electron chi connectivity index (χ2n) is 14.3. The molecule has 4 heterocycles. The maximum atomic E-state index is 12.2. The first-order valence-corrected chi connectivity index (χ1v) is 18.5. The van der Waals surface area contributed by atoms with Gasteiger partial charge < -0.3 is 9.52 Å². The molecule has 0 atom stereocenters. The van der Waals surface area contributed by atoms with Gasteiger partial charge in [-0.05, 0) is 82.6 Å². The van der Waals surface area contributed by atoms with Gasteiger partial charge in [0, 0.05) is 64.4 Å². The number of ketones is 1. The molecule has 4 aromatic heterocycles. The number of hydrogen-bond donors (Lipinski definition) is 1. The molecule has 0 saturated carbocycles. The van der Waals surface area contributed by atoms with Gasteiger partial charge in [-0.2, -0.15) is 11.3 Å². The van der Waals surface area contributed by atoms with E-state index >= 15 is 0 Å². The van der Waals surface area contributed by atoms with Crippen LogP contribution in [0.4, 0.5) is 0 Å². The third-order valence-electron chi connectivity index (χ3n) is 10.4. The van der Waals surface area contributed by atoms with E-state index in [-0.39, 0.29) is 47.9 Å². The Morgan fingerprint density at radius 2 is 1.58 bits per heavy atom. The fourth-order valence-electron chi connectivity index (χ4n) is 5.95. The normalized spacial score (nSPS) is 12.8. The molecule has 0 amide bonds. The second-order valence-corrected chi connectivity index (χ2v) is 16.2. The van der Waals surface area contributed by atoms with Crippen LogP contribution in [0, 0.1) is 23.8 Å². The van der Waals surface area contributed by atoms with Crippen molar-refractivity contribution in [1.82, 2.24) is 4.98 Å². The molecular formula is C41H48IrNO3S2-. The number of aromatic nitrogens is 1. The minimum absolute atomic E-state index is 0. The van der Waals surface area contributed by atoms with Gasteiger partial charge in [-0.3, -0.25) is 9.78 Å². The van der Waals surface area contributed by atoms with Crippen molar-refractivity contribution in [2.45, 2.75) is 100 Å². The number of aryl methyl sites for hydroxylation is 1. The molecular weight excluding hydrogens is 811 g/mol. The molecule has 0 aliphatic carbocycles. The van der Waals surface area contributed by atoms with Gasteiger partial charge in [0.25, 0.3) is 0 Å². The second kappa shape index (κ2) is 14.6. The van der Waals surface area contributed by atoms with Crippen LogP contribution in [0.2, 0.25) is 0 Å². The molecule has 0 fully saturated rings. The van der Waals surface area contributed by atoms with E-state index in [1.54, 1.807) is 22.7 Å². The Morgan fingerprint density at radius 1 is 0.917 bits per heavy atom.